The van der Waals surface area contributed by atoms with Crippen LogP contribution in [-0.4, -0.2) is 12.2 Å². The molecule has 0 aliphatic heterocycles. The third-order valence-corrected chi connectivity index (χ3v) is 3.55. The minimum absolute atomic E-state index is 0.0304. The van der Waals surface area contributed by atoms with Gasteiger partial charge in [-0.3, -0.25) is 0 Å². The molecule has 0 bridgehead atoms. The van der Waals surface area contributed by atoms with Crippen molar-refractivity contribution >= 4 is 0 Å². The summed E-state index contributed by atoms with van der Waals surface area (Å²) in [5.41, 5.74) is 1.65. The first-order valence-electron chi connectivity index (χ1n) is 6.89. The maximum absolute atomic E-state index is 13.3. The van der Waals surface area contributed by atoms with Gasteiger partial charge in [0.2, 0.25) is 0 Å². The van der Waals surface area contributed by atoms with E-state index in [9.17, 15) is 9.50 Å². The van der Waals surface area contributed by atoms with Crippen molar-refractivity contribution in [3.63, 3.8) is 0 Å². The Morgan fingerprint density at radius 3 is 2.48 bits per heavy atom. The summed E-state index contributed by atoms with van der Waals surface area (Å²) in [5.74, 6) is 0.545. The summed E-state index contributed by atoms with van der Waals surface area (Å²) in [7, 11) is 1.56. The lowest BCUT2D eigenvalue weighted by Crippen LogP contribution is -2.22. The van der Waals surface area contributed by atoms with Crippen LogP contribution in [0.2, 0.25) is 0 Å². The van der Waals surface area contributed by atoms with Crippen molar-refractivity contribution in [1.29, 1.82) is 0 Å². The molecule has 4 heteroatoms. The summed E-state index contributed by atoms with van der Waals surface area (Å²) in [6, 6.07) is 11.6. The van der Waals surface area contributed by atoms with Gasteiger partial charge in [0.25, 0.3) is 0 Å². The Labute approximate surface area is 124 Å². The smallest absolute Gasteiger partial charge is 0.124 e. The molecule has 2 aromatic rings. The minimum Gasteiger partial charge on any atom is -0.507 e. The molecule has 0 radical (unpaired) electrons. The van der Waals surface area contributed by atoms with E-state index >= 15 is 0 Å². The van der Waals surface area contributed by atoms with E-state index in [2.05, 4.69) is 5.32 Å². The van der Waals surface area contributed by atoms with Gasteiger partial charge in [0.05, 0.1) is 7.11 Å². The standard InChI is InChI=1S/C17H20FNO2/c1-11(13-5-4-6-14(18)9-13)19-12(2)16-8-7-15(21-3)10-17(16)20/h4-12,19-20H,1-3H3/t11-,12?/m0/s1. The van der Waals surface area contributed by atoms with Crippen LogP contribution in [0.4, 0.5) is 4.39 Å². The Morgan fingerprint density at radius 1 is 1.10 bits per heavy atom. The van der Waals surface area contributed by atoms with E-state index in [4.69, 9.17) is 4.74 Å². The van der Waals surface area contributed by atoms with E-state index in [1.807, 2.05) is 26.0 Å². The highest BCUT2D eigenvalue weighted by Gasteiger charge is 2.15. The molecule has 0 saturated heterocycles. The van der Waals surface area contributed by atoms with Crippen molar-refractivity contribution in [2.75, 3.05) is 7.11 Å². The molecule has 0 aliphatic rings. The molecule has 2 atom stereocenters. The summed E-state index contributed by atoms with van der Waals surface area (Å²) >= 11 is 0. The zero-order chi connectivity index (χ0) is 15.4. The maximum atomic E-state index is 13.3. The third kappa shape index (κ3) is 3.73. The lowest BCUT2D eigenvalue weighted by atomic mass is 10.0. The minimum atomic E-state index is -0.249. The predicted molar refractivity (Wildman–Crippen MR) is 81.0 cm³/mol. The van der Waals surface area contributed by atoms with E-state index in [1.165, 1.54) is 12.1 Å². The highest BCUT2D eigenvalue weighted by molar-refractivity contribution is 5.41. The summed E-state index contributed by atoms with van der Waals surface area (Å²) in [6.45, 7) is 3.92. The van der Waals surface area contributed by atoms with Gasteiger partial charge in [0.15, 0.2) is 0 Å². The second-order valence-corrected chi connectivity index (χ2v) is 5.09. The monoisotopic (exact) mass is 289 g/mol. The molecule has 0 spiro atoms. The summed E-state index contributed by atoms with van der Waals surface area (Å²) in [4.78, 5) is 0. The van der Waals surface area contributed by atoms with Crippen molar-refractivity contribution < 1.29 is 14.2 Å². The fourth-order valence-electron chi connectivity index (χ4n) is 2.35. The molecule has 0 aromatic heterocycles. The largest absolute Gasteiger partial charge is 0.507 e. The summed E-state index contributed by atoms with van der Waals surface area (Å²) in [5, 5.41) is 13.4. The van der Waals surface area contributed by atoms with Crippen molar-refractivity contribution in [2.24, 2.45) is 0 Å². The van der Waals surface area contributed by atoms with Crippen LogP contribution in [0, 0.1) is 5.82 Å². The molecule has 1 unspecified atom stereocenters. The van der Waals surface area contributed by atoms with Gasteiger partial charge >= 0.3 is 0 Å². The van der Waals surface area contributed by atoms with Crippen molar-refractivity contribution in [3.05, 3.63) is 59.4 Å². The summed E-state index contributed by atoms with van der Waals surface area (Å²) in [6.07, 6.45) is 0. The quantitative estimate of drug-likeness (QED) is 0.875. The molecule has 0 heterocycles. The highest BCUT2D eigenvalue weighted by atomic mass is 19.1. The molecule has 3 nitrogen and oxygen atoms in total. The van der Waals surface area contributed by atoms with Crippen LogP contribution < -0.4 is 10.1 Å². The fraction of sp³-hybridized carbons (Fsp3) is 0.294. The van der Waals surface area contributed by atoms with Gasteiger partial charge < -0.3 is 15.2 Å². The van der Waals surface area contributed by atoms with Gasteiger partial charge in [0, 0.05) is 23.7 Å². The summed E-state index contributed by atoms with van der Waals surface area (Å²) < 4.78 is 18.3. The number of nitrogens with one attached hydrogen (secondary N) is 1. The van der Waals surface area contributed by atoms with E-state index in [-0.39, 0.29) is 23.7 Å². The normalized spacial score (nSPS) is 13.7. The molecule has 112 valence electrons. The van der Waals surface area contributed by atoms with Crippen LogP contribution in [0.5, 0.6) is 11.5 Å². The molecule has 2 rings (SSSR count). The van der Waals surface area contributed by atoms with Crippen LogP contribution in [0.15, 0.2) is 42.5 Å². The average molecular weight is 289 g/mol. The molecule has 0 saturated carbocycles. The van der Waals surface area contributed by atoms with E-state index in [1.54, 1.807) is 25.3 Å². The lowest BCUT2D eigenvalue weighted by molar-refractivity contribution is 0.402. The number of methoxy groups -OCH3 is 1. The molecule has 2 N–H and O–H groups in total. The zero-order valence-corrected chi connectivity index (χ0v) is 12.4. The highest BCUT2D eigenvalue weighted by Crippen LogP contribution is 2.29. The predicted octanol–water partition coefficient (Wildman–Crippen LogP) is 3.95. The van der Waals surface area contributed by atoms with Crippen molar-refractivity contribution in [2.45, 2.75) is 25.9 Å². The number of rotatable bonds is 5. The SMILES string of the molecule is COc1ccc(C(C)N[C@@H](C)c2cccc(F)c2)c(O)c1. The second-order valence-electron chi connectivity index (χ2n) is 5.09. The Morgan fingerprint density at radius 2 is 1.86 bits per heavy atom. The van der Waals surface area contributed by atoms with E-state index < -0.39 is 0 Å². The first-order chi connectivity index (χ1) is 10.0. The van der Waals surface area contributed by atoms with Gasteiger partial charge in [-0.15, -0.1) is 0 Å². The number of benzene rings is 2. The Hall–Kier alpha value is -2.07. The van der Waals surface area contributed by atoms with Gasteiger partial charge in [0.1, 0.15) is 17.3 Å². The van der Waals surface area contributed by atoms with E-state index in [0.717, 1.165) is 11.1 Å². The number of halogens is 1. The number of hydrogen-bond donors (Lipinski definition) is 2. The van der Waals surface area contributed by atoms with Gasteiger partial charge in [-0.2, -0.15) is 0 Å². The second kappa shape index (κ2) is 6.59. The zero-order valence-electron chi connectivity index (χ0n) is 12.4. The molecule has 0 aliphatic carbocycles. The number of ether oxygens (including phenoxy) is 1. The fourth-order valence-corrected chi connectivity index (χ4v) is 2.35. The first-order valence-corrected chi connectivity index (χ1v) is 6.89. The number of hydrogen-bond acceptors (Lipinski definition) is 3. The van der Waals surface area contributed by atoms with Crippen molar-refractivity contribution in [3.8, 4) is 11.5 Å². The molecule has 21 heavy (non-hydrogen) atoms. The number of aromatic hydroxyl groups is 1. The van der Waals surface area contributed by atoms with Crippen LogP contribution in [0.3, 0.4) is 0 Å². The van der Waals surface area contributed by atoms with Crippen LogP contribution >= 0.6 is 0 Å². The third-order valence-electron chi connectivity index (χ3n) is 3.55. The number of phenolic OH excluding ortho intramolecular Hbond substituents is 1. The molecule has 0 amide bonds. The van der Waals surface area contributed by atoms with Crippen molar-refractivity contribution in [1.82, 2.24) is 5.32 Å². The van der Waals surface area contributed by atoms with Gasteiger partial charge in [-0.05, 0) is 37.6 Å². The Kier molecular flexibility index (Phi) is 4.81. The van der Waals surface area contributed by atoms with Crippen LogP contribution in [0.25, 0.3) is 0 Å². The maximum Gasteiger partial charge on any atom is 0.124 e. The first kappa shape index (κ1) is 15.3. The molecule has 2 aromatic carbocycles. The number of phenols is 1. The van der Waals surface area contributed by atoms with E-state index in [0.29, 0.717) is 5.75 Å². The van der Waals surface area contributed by atoms with Crippen LogP contribution in [0.1, 0.15) is 37.1 Å². The topological polar surface area (TPSA) is 41.5 Å². The molecular weight excluding hydrogens is 269 g/mol. The Bertz CT molecular complexity index is 615. The Balaban J connectivity index is 2.12. The lowest BCUT2D eigenvalue weighted by Gasteiger charge is -2.21. The van der Waals surface area contributed by atoms with Gasteiger partial charge in [-0.25, -0.2) is 4.39 Å². The average Bonchev–Trinajstić information content (AvgIpc) is 2.46. The van der Waals surface area contributed by atoms with Crippen LogP contribution in [-0.2, 0) is 0 Å². The molecular formula is C17H20FNO2. The molecule has 0 fully saturated rings. The van der Waals surface area contributed by atoms with Gasteiger partial charge in [-0.1, -0.05) is 18.2 Å².